The van der Waals surface area contributed by atoms with E-state index in [0.717, 1.165) is 6.42 Å². The molecule has 1 amide bonds. The Kier molecular flexibility index (Phi) is 5.40. The summed E-state index contributed by atoms with van der Waals surface area (Å²) in [6, 6.07) is 14.7. The van der Waals surface area contributed by atoms with Crippen molar-refractivity contribution < 1.29 is 4.79 Å². The van der Waals surface area contributed by atoms with Crippen molar-refractivity contribution in [3.8, 4) is 0 Å². The lowest BCUT2D eigenvalue weighted by Gasteiger charge is -2.28. The SMILES string of the molecule is CCc1ccc(C(=O)N(C)C(CC)c2nc3ccccc3c(=O)n2C)cc1. The number of benzene rings is 2. The molecule has 5 heteroatoms. The van der Waals surface area contributed by atoms with Gasteiger partial charge in [-0.3, -0.25) is 14.2 Å². The number of hydrogen-bond acceptors (Lipinski definition) is 3. The van der Waals surface area contributed by atoms with Crippen LogP contribution in [0.25, 0.3) is 10.9 Å². The molecule has 27 heavy (non-hydrogen) atoms. The lowest BCUT2D eigenvalue weighted by atomic mass is 10.1. The number of hydrogen-bond donors (Lipinski definition) is 0. The Morgan fingerprint density at radius 1 is 1.11 bits per heavy atom. The van der Waals surface area contributed by atoms with Gasteiger partial charge in [-0.05, 0) is 42.7 Å². The van der Waals surface area contributed by atoms with Crippen molar-refractivity contribution in [1.82, 2.24) is 14.5 Å². The van der Waals surface area contributed by atoms with E-state index in [0.29, 0.717) is 28.7 Å². The number of nitrogens with zero attached hydrogens (tertiary/aromatic N) is 3. The molecule has 0 N–H and O–H groups in total. The van der Waals surface area contributed by atoms with E-state index >= 15 is 0 Å². The van der Waals surface area contributed by atoms with Crippen molar-refractivity contribution in [2.75, 3.05) is 7.05 Å². The second-order valence-corrected chi connectivity index (χ2v) is 6.74. The fourth-order valence-corrected chi connectivity index (χ4v) is 3.39. The molecule has 1 atom stereocenters. The molecule has 2 aromatic carbocycles. The predicted molar refractivity (Wildman–Crippen MR) is 108 cm³/mol. The quantitative estimate of drug-likeness (QED) is 0.694. The van der Waals surface area contributed by atoms with Crippen molar-refractivity contribution in [2.45, 2.75) is 32.7 Å². The second kappa shape index (κ2) is 7.74. The first-order valence-electron chi connectivity index (χ1n) is 9.29. The number of carbonyl (C=O) groups excluding carboxylic acids is 1. The topological polar surface area (TPSA) is 55.2 Å². The Bertz CT molecular complexity index is 1020. The summed E-state index contributed by atoms with van der Waals surface area (Å²) < 4.78 is 1.56. The van der Waals surface area contributed by atoms with Crippen LogP contribution in [0.4, 0.5) is 0 Å². The predicted octanol–water partition coefficient (Wildman–Crippen LogP) is 3.72. The van der Waals surface area contributed by atoms with Crippen LogP contribution in [0.3, 0.4) is 0 Å². The van der Waals surface area contributed by atoms with Crippen molar-refractivity contribution >= 4 is 16.8 Å². The number of aryl methyl sites for hydroxylation is 1. The minimum atomic E-state index is -0.286. The van der Waals surface area contributed by atoms with Gasteiger partial charge in [0.2, 0.25) is 0 Å². The first-order chi connectivity index (χ1) is 13.0. The van der Waals surface area contributed by atoms with E-state index in [4.69, 9.17) is 4.98 Å². The van der Waals surface area contributed by atoms with Crippen LogP contribution < -0.4 is 5.56 Å². The largest absolute Gasteiger partial charge is 0.332 e. The van der Waals surface area contributed by atoms with Gasteiger partial charge in [0, 0.05) is 19.7 Å². The van der Waals surface area contributed by atoms with Crippen LogP contribution in [0.2, 0.25) is 0 Å². The highest BCUT2D eigenvalue weighted by Gasteiger charge is 2.25. The van der Waals surface area contributed by atoms with Gasteiger partial charge in [-0.15, -0.1) is 0 Å². The molecule has 3 aromatic rings. The smallest absolute Gasteiger partial charge is 0.261 e. The van der Waals surface area contributed by atoms with Gasteiger partial charge in [-0.2, -0.15) is 0 Å². The first-order valence-corrected chi connectivity index (χ1v) is 9.29. The van der Waals surface area contributed by atoms with Gasteiger partial charge in [-0.1, -0.05) is 38.1 Å². The van der Waals surface area contributed by atoms with Gasteiger partial charge in [0.15, 0.2) is 0 Å². The summed E-state index contributed by atoms with van der Waals surface area (Å²) in [5.41, 5.74) is 2.39. The number of amides is 1. The summed E-state index contributed by atoms with van der Waals surface area (Å²) in [7, 11) is 3.49. The fraction of sp³-hybridized carbons (Fsp3) is 0.318. The Labute approximate surface area is 159 Å². The number of para-hydroxylation sites is 1. The van der Waals surface area contributed by atoms with E-state index < -0.39 is 0 Å². The first kappa shape index (κ1) is 18.8. The van der Waals surface area contributed by atoms with Crippen molar-refractivity contribution in [2.24, 2.45) is 7.05 Å². The Morgan fingerprint density at radius 2 is 1.78 bits per heavy atom. The summed E-state index contributed by atoms with van der Waals surface area (Å²) >= 11 is 0. The zero-order chi connectivity index (χ0) is 19.6. The third-order valence-corrected chi connectivity index (χ3v) is 5.10. The Morgan fingerprint density at radius 3 is 2.41 bits per heavy atom. The van der Waals surface area contributed by atoms with E-state index in [-0.39, 0.29) is 17.5 Å². The second-order valence-electron chi connectivity index (χ2n) is 6.74. The Hall–Kier alpha value is -2.95. The zero-order valence-electron chi connectivity index (χ0n) is 16.3. The van der Waals surface area contributed by atoms with Crippen LogP contribution in [0.5, 0.6) is 0 Å². The molecule has 0 radical (unpaired) electrons. The molecule has 0 aliphatic heterocycles. The average Bonchev–Trinajstić information content (AvgIpc) is 2.71. The van der Waals surface area contributed by atoms with Crippen molar-refractivity contribution in [1.29, 1.82) is 0 Å². The maximum Gasteiger partial charge on any atom is 0.261 e. The van der Waals surface area contributed by atoms with Gasteiger partial charge in [0.25, 0.3) is 11.5 Å². The number of fused-ring (bicyclic) bond motifs is 1. The van der Waals surface area contributed by atoms with Gasteiger partial charge >= 0.3 is 0 Å². The number of aromatic nitrogens is 2. The maximum absolute atomic E-state index is 13.0. The van der Waals surface area contributed by atoms with Crippen LogP contribution in [0.1, 0.15) is 48.1 Å². The third-order valence-electron chi connectivity index (χ3n) is 5.10. The third kappa shape index (κ3) is 3.50. The molecule has 3 rings (SSSR count). The molecule has 0 aliphatic carbocycles. The standard InChI is InChI=1S/C22H25N3O2/c1-5-15-11-13-16(14-12-15)21(26)24(3)19(6-2)20-23-18-10-8-7-9-17(18)22(27)25(20)4/h7-14,19H,5-6H2,1-4H3. The normalized spacial score (nSPS) is 12.1. The Balaban J connectivity index is 2.01. The van der Waals surface area contributed by atoms with E-state index in [2.05, 4.69) is 6.92 Å². The maximum atomic E-state index is 13.0. The van der Waals surface area contributed by atoms with E-state index in [1.807, 2.05) is 49.4 Å². The highest BCUT2D eigenvalue weighted by atomic mass is 16.2. The summed E-state index contributed by atoms with van der Waals surface area (Å²) in [6.45, 7) is 4.08. The van der Waals surface area contributed by atoms with Crippen molar-refractivity contribution in [3.05, 3.63) is 75.8 Å². The number of rotatable bonds is 5. The van der Waals surface area contributed by atoms with Gasteiger partial charge in [-0.25, -0.2) is 4.98 Å². The molecular formula is C22H25N3O2. The molecule has 1 heterocycles. The molecule has 5 nitrogen and oxygen atoms in total. The van der Waals surface area contributed by atoms with Crippen LogP contribution in [0, 0.1) is 0 Å². The highest BCUT2D eigenvalue weighted by molar-refractivity contribution is 5.94. The van der Waals surface area contributed by atoms with E-state index in [1.54, 1.807) is 29.6 Å². The monoisotopic (exact) mass is 363 g/mol. The highest BCUT2D eigenvalue weighted by Crippen LogP contribution is 2.23. The van der Waals surface area contributed by atoms with Gasteiger partial charge < -0.3 is 4.90 Å². The lowest BCUT2D eigenvalue weighted by molar-refractivity contribution is 0.0716. The molecule has 0 saturated carbocycles. The molecule has 1 unspecified atom stereocenters. The molecule has 0 saturated heterocycles. The minimum absolute atomic E-state index is 0.0769. The molecule has 140 valence electrons. The molecular weight excluding hydrogens is 338 g/mol. The molecule has 0 spiro atoms. The molecule has 1 aromatic heterocycles. The zero-order valence-corrected chi connectivity index (χ0v) is 16.3. The molecule has 0 fully saturated rings. The fourth-order valence-electron chi connectivity index (χ4n) is 3.39. The summed E-state index contributed by atoms with van der Waals surface area (Å²) in [4.78, 5) is 32.1. The van der Waals surface area contributed by atoms with E-state index in [1.165, 1.54) is 5.56 Å². The van der Waals surface area contributed by atoms with Crippen LogP contribution >= 0.6 is 0 Å². The van der Waals surface area contributed by atoms with Crippen LogP contribution in [-0.2, 0) is 13.5 Å². The average molecular weight is 363 g/mol. The molecule has 0 bridgehead atoms. The van der Waals surface area contributed by atoms with Crippen molar-refractivity contribution in [3.63, 3.8) is 0 Å². The summed E-state index contributed by atoms with van der Waals surface area (Å²) in [6.07, 6.45) is 1.60. The van der Waals surface area contributed by atoms with Gasteiger partial charge in [0.05, 0.1) is 16.9 Å². The molecule has 0 aliphatic rings. The van der Waals surface area contributed by atoms with E-state index in [9.17, 15) is 9.59 Å². The minimum Gasteiger partial charge on any atom is -0.332 e. The van der Waals surface area contributed by atoms with Crippen LogP contribution in [0.15, 0.2) is 53.3 Å². The van der Waals surface area contributed by atoms with Gasteiger partial charge in [0.1, 0.15) is 5.82 Å². The summed E-state index contributed by atoms with van der Waals surface area (Å²) in [5, 5.41) is 0.586. The summed E-state index contributed by atoms with van der Waals surface area (Å²) in [5.74, 6) is 0.522. The van der Waals surface area contributed by atoms with Crippen LogP contribution in [-0.4, -0.2) is 27.4 Å². The lowest BCUT2D eigenvalue weighted by Crippen LogP contribution is -2.35. The number of carbonyl (C=O) groups is 1.